The SMILES string of the molecule is COC(=O)[C@@H](NC(=O)c1ccc(/C=C/C#CC2CC2CO)cc1)C(C)(C)N. The van der Waals surface area contributed by atoms with Gasteiger partial charge in [-0.15, -0.1) is 0 Å². The average molecular weight is 370 g/mol. The lowest BCUT2D eigenvalue weighted by Gasteiger charge is -2.28. The summed E-state index contributed by atoms with van der Waals surface area (Å²) in [7, 11) is 1.25. The number of aliphatic hydroxyl groups excluding tert-OH is 1. The van der Waals surface area contributed by atoms with Crippen molar-refractivity contribution < 1.29 is 19.4 Å². The number of benzene rings is 1. The predicted octanol–water partition coefficient (Wildman–Crippen LogP) is 1.34. The van der Waals surface area contributed by atoms with E-state index in [0.29, 0.717) is 17.4 Å². The van der Waals surface area contributed by atoms with Crippen LogP contribution in [0.25, 0.3) is 6.08 Å². The van der Waals surface area contributed by atoms with Gasteiger partial charge in [0.2, 0.25) is 0 Å². The van der Waals surface area contributed by atoms with Crippen LogP contribution in [0, 0.1) is 23.7 Å². The number of rotatable bonds is 6. The first kappa shape index (κ1) is 20.7. The van der Waals surface area contributed by atoms with Crippen molar-refractivity contribution >= 4 is 18.0 Å². The number of amides is 1. The summed E-state index contributed by atoms with van der Waals surface area (Å²) in [5.41, 5.74) is 6.33. The number of ether oxygens (including phenoxy) is 1. The van der Waals surface area contributed by atoms with Gasteiger partial charge in [-0.05, 0) is 56.0 Å². The fourth-order valence-corrected chi connectivity index (χ4v) is 2.55. The van der Waals surface area contributed by atoms with Crippen molar-refractivity contribution in [2.45, 2.75) is 31.8 Å². The van der Waals surface area contributed by atoms with E-state index in [9.17, 15) is 9.59 Å². The molecule has 1 aliphatic rings. The normalized spacial score (nSPS) is 19.7. The third kappa shape index (κ3) is 5.95. The third-order valence-electron chi connectivity index (χ3n) is 4.41. The minimum atomic E-state index is -0.958. The molecule has 6 heteroatoms. The molecule has 0 aliphatic heterocycles. The smallest absolute Gasteiger partial charge is 0.330 e. The summed E-state index contributed by atoms with van der Waals surface area (Å²) in [6.45, 7) is 3.49. The summed E-state index contributed by atoms with van der Waals surface area (Å²) >= 11 is 0. The molecule has 2 rings (SSSR count). The summed E-state index contributed by atoms with van der Waals surface area (Å²) in [6.07, 6.45) is 4.57. The minimum absolute atomic E-state index is 0.199. The lowest BCUT2D eigenvalue weighted by atomic mass is 9.95. The maximum absolute atomic E-state index is 12.4. The van der Waals surface area contributed by atoms with Crippen LogP contribution in [0.15, 0.2) is 30.3 Å². The van der Waals surface area contributed by atoms with Gasteiger partial charge >= 0.3 is 5.97 Å². The average Bonchev–Trinajstić information content (AvgIpc) is 3.40. The van der Waals surface area contributed by atoms with Crippen molar-refractivity contribution in [3.05, 3.63) is 41.5 Å². The van der Waals surface area contributed by atoms with Gasteiger partial charge in [0.05, 0.1) is 7.11 Å². The van der Waals surface area contributed by atoms with Gasteiger partial charge in [0.25, 0.3) is 5.91 Å². The zero-order valence-corrected chi connectivity index (χ0v) is 15.9. The molecule has 0 spiro atoms. The molecule has 1 aliphatic carbocycles. The quantitative estimate of drug-likeness (QED) is 0.518. The second-order valence-electron chi connectivity index (χ2n) is 7.28. The molecule has 0 bridgehead atoms. The molecule has 1 amide bonds. The number of nitrogens with one attached hydrogen (secondary N) is 1. The first-order valence-corrected chi connectivity index (χ1v) is 8.82. The number of methoxy groups -OCH3 is 1. The van der Waals surface area contributed by atoms with Gasteiger partial charge in [-0.3, -0.25) is 4.79 Å². The second-order valence-corrected chi connectivity index (χ2v) is 7.28. The zero-order valence-electron chi connectivity index (χ0n) is 15.9. The van der Waals surface area contributed by atoms with Crippen LogP contribution < -0.4 is 11.1 Å². The lowest BCUT2D eigenvalue weighted by Crippen LogP contribution is -2.59. The van der Waals surface area contributed by atoms with Crippen molar-refractivity contribution in [2.24, 2.45) is 17.6 Å². The first-order chi connectivity index (χ1) is 12.8. The number of hydrogen-bond acceptors (Lipinski definition) is 5. The van der Waals surface area contributed by atoms with Crippen LogP contribution in [0.4, 0.5) is 0 Å². The maximum atomic E-state index is 12.4. The Hall–Kier alpha value is -2.62. The van der Waals surface area contributed by atoms with Crippen LogP contribution in [-0.2, 0) is 9.53 Å². The van der Waals surface area contributed by atoms with Crippen LogP contribution >= 0.6 is 0 Å². The fraction of sp³-hybridized carbons (Fsp3) is 0.429. The van der Waals surface area contributed by atoms with Crippen LogP contribution in [0.1, 0.15) is 36.2 Å². The van der Waals surface area contributed by atoms with Crippen molar-refractivity contribution in [3.63, 3.8) is 0 Å². The standard InChI is InChI=1S/C21H26N2O4/c1-21(2,22)18(20(26)27-3)23-19(25)15-10-8-14(9-11-15)6-4-5-7-16-12-17(16)13-24/h4,6,8-11,16-18,24H,12-13,22H2,1-3H3,(H,23,25)/b6-4+/t16?,17?,18-/m1/s1. The summed E-state index contributed by atoms with van der Waals surface area (Å²) < 4.78 is 4.72. The van der Waals surface area contributed by atoms with Crippen molar-refractivity contribution in [2.75, 3.05) is 13.7 Å². The van der Waals surface area contributed by atoms with Gasteiger partial charge in [0, 0.05) is 23.6 Å². The molecule has 1 saturated carbocycles. The molecule has 4 N–H and O–H groups in total. The van der Waals surface area contributed by atoms with E-state index < -0.39 is 23.5 Å². The molecule has 1 aromatic carbocycles. The van der Waals surface area contributed by atoms with Crippen LogP contribution in [0.5, 0.6) is 0 Å². The number of carbonyl (C=O) groups is 2. The summed E-state index contributed by atoms with van der Waals surface area (Å²) in [5.74, 6) is 5.71. The highest BCUT2D eigenvalue weighted by Gasteiger charge is 2.35. The Morgan fingerprint density at radius 1 is 1.41 bits per heavy atom. The molecule has 144 valence electrons. The van der Waals surface area contributed by atoms with E-state index in [-0.39, 0.29) is 6.61 Å². The van der Waals surface area contributed by atoms with Crippen molar-refractivity contribution in [3.8, 4) is 11.8 Å². The highest BCUT2D eigenvalue weighted by atomic mass is 16.5. The molecular weight excluding hydrogens is 344 g/mol. The van der Waals surface area contributed by atoms with E-state index in [2.05, 4.69) is 17.2 Å². The van der Waals surface area contributed by atoms with Gasteiger partial charge in [0.1, 0.15) is 6.04 Å². The van der Waals surface area contributed by atoms with E-state index in [4.69, 9.17) is 15.6 Å². The maximum Gasteiger partial charge on any atom is 0.330 e. The summed E-state index contributed by atoms with van der Waals surface area (Å²) in [5, 5.41) is 11.6. The van der Waals surface area contributed by atoms with E-state index >= 15 is 0 Å². The molecule has 27 heavy (non-hydrogen) atoms. The van der Waals surface area contributed by atoms with Gasteiger partial charge < -0.3 is 20.9 Å². The highest BCUT2D eigenvalue weighted by molar-refractivity contribution is 5.97. The molecule has 2 unspecified atom stereocenters. The van der Waals surface area contributed by atoms with Crippen LogP contribution in [-0.4, -0.2) is 42.3 Å². The largest absolute Gasteiger partial charge is 0.467 e. The molecule has 0 saturated heterocycles. The number of allylic oxidation sites excluding steroid dienone is 1. The molecule has 0 heterocycles. The molecular formula is C21H26N2O4. The molecule has 3 atom stereocenters. The van der Waals surface area contributed by atoms with E-state index in [0.717, 1.165) is 12.0 Å². The molecule has 0 aromatic heterocycles. The third-order valence-corrected chi connectivity index (χ3v) is 4.41. The Bertz CT molecular complexity index is 766. The predicted molar refractivity (Wildman–Crippen MR) is 103 cm³/mol. The number of esters is 1. The highest BCUT2D eigenvalue weighted by Crippen LogP contribution is 2.36. The Morgan fingerprint density at radius 2 is 2.07 bits per heavy atom. The van der Waals surface area contributed by atoms with Crippen molar-refractivity contribution in [1.82, 2.24) is 5.32 Å². The van der Waals surface area contributed by atoms with Gasteiger partial charge in [-0.2, -0.15) is 0 Å². The van der Waals surface area contributed by atoms with Crippen LogP contribution in [0.2, 0.25) is 0 Å². The Kier molecular flexibility index (Phi) is 6.78. The molecule has 1 aromatic rings. The molecule has 0 radical (unpaired) electrons. The summed E-state index contributed by atoms with van der Waals surface area (Å²) in [4.78, 5) is 24.3. The monoisotopic (exact) mass is 370 g/mol. The van der Waals surface area contributed by atoms with Crippen LogP contribution in [0.3, 0.4) is 0 Å². The van der Waals surface area contributed by atoms with Gasteiger partial charge in [-0.1, -0.05) is 24.0 Å². The van der Waals surface area contributed by atoms with Crippen molar-refractivity contribution in [1.29, 1.82) is 0 Å². The number of aliphatic hydroxyl groups is 1. The first-order valence-electron chi connectivity index (χ1n) is 8.82. The molecule has 6 nitrogen and oxygen atoms in total. The Labute approximate surface area is 159 Å². The zero-order chi connectivity index (χ0) is 20.0. The fourth-order valence-electron chi connectivity index (χ4n) is 2.55. The van der Waals surface area contributed by atoms with E-state index in [1.807, 2.05) is 6.08 Å². The number of hydrogen-bond donors (Lipinski definition) is 3. The second kappa shape index (κ2) is 8.85. The number of carbonyl (C=O) groups excluding carboxylic acids is 2. The Balaban J connectivity index is 1.97. The van der Waals surface area contributed by atoms with E-state index in [1.54, 1.807) is 44.2 Å². The summed E-state index contributed by atoms with van der Waals surface area (Å²) in [6, 6.07) is 5.98. The Morgan fingerprint density at radius 3 is 2.59 bits per heavy atom. The minimum Gasteiger partial charge on any atom is -0.467 e. The topological polar surface area (TPSA) is 102 Å². The number of nitrogens with two attached hydrogens (primary N) is 1. The molecule has 1 fully saturated rings. The lowest BCUT2D eigenvalue weighted by molar-refractivity contribution is -0.144. The van der Waals surface area contributed by atoms with Gasteiger partial charge in [0.15, 0.2) is 0 Å². The van der Waals surface area contributed by atoms with E-state index in [1.165, 1.54) is 7.11 Å². The van der Waals surface area contributed by atoms with Gasteiger partial charge in [-0.25, -0.2) is 4.79 Å².